The fourth-order valence-corrected chi connectivity index (χ4v) is 5.71. The van der Waals surface area contributed by atoms with Crippen molar-refractivity contribution in [1.82, 2.24) is 20.7 Å². The maximum absolute atomic E-state index is 12.8. The average Bonchev–Trinajstić information content (AvgIpc) is 2.96. The number of sulfonamides is 1. The largest absolute Gasteiger partial charge is 0.495 e. The number of rotatable bonds is 10. The van der Waals surface area contributed by atoms with Gasteiger partial charge < -0.3 is 30.7 Å². The maximum atomic E-state index is 12.8. The lowest BCUT2D eigenvalue weighted by Crippen LogP contribution is -2.50. The van der Waals surface area contributed by atoms with Gasteiger partial charge in [-0.3, -0.25) is 14.6 Å². The molecule has 0 saturated carbocycles. The van der Waals surface area contributed by atoms with Crippen LogP contribution in [-0.4, -0.2) is 83.3 Å². The highest BCUT2D eigenvalue weighted by atomic mass is 32.2. The van der Waals surface area contributed by atoms with Crippen LogP contribution in [0.15, 0.2) is 58.4 Å². The topological polar surface area (TPSA) is 161 Å². The Balaban J connectivity index is 1.35. The summed E-state index contributed by atoms with van der Waals surface area (Å²) in [6.07, 6.45) is 2.88. The molecule has 0 unspecified atom stereocenters. The second kappa shape index (κ2) is 12.8. The van der Waals surface area contributed by atoms with Crippen LogP contribution < -0.4 is 30.3 Å². The van der Waals surface area contributed by atoms with E-state index in [9.17, 15) is 23.1 Å². The molecule has 210 valence electrons. The van der Waals surface area contributed by atoms with Crippen LogP contribution in [0, 0.1) is 0 Å². The van der Waals surface area contributed by atoms with E-state index in [1.165, 1.54) is 31.4 Å². The lowest BCUT2D eigenvalue weighted by molar-refractivity contribution is -0.138. The minimum absolute atomic E-state index is 0.0675. The molecule has 4 rings (SSSR count). The number of benzene rings is 2. The lowest BCUT2D eigenvalue weighted by atomic mass is 10.0. The summed E-state index contributed by atoms with van der Waals surface area (Å²) in [6, 6.07) is 11.2. The molecule has 0 bridgehead atoms. The van der Waals surface area contributed by atoms with Gasteiger partial charge in [0.2, 0.25) is 10.0 Å². The smallest absolute Gasteiger partial charge is 0.323 e. The molecule has 1 fully saturated rings. The molecule has 12 nitrogen and oxygen atoms in total. The van der Waals surface area contributed by atoms with Crippen molar-refractivity contribution < 1.29 is 27.9 Å². The number of carboxylic acids is 1. The Labute approximate surface area is 227 Å². The summed E-state index contributed by atoms with van der Waals surface area (Å²) in [7, 11) is -2.55. The van der Waals surface area contributed by atoms with Gasteiger partial charge in [-0.05, 0) is 49.6 Å². The Bertz CT molecular complexity index is 1300. The van der Waals surface area contributed by atoms with Crippen LogP contribution in [0.2, 0.25) is 0 Å². The molecular formula is C26H34N6O6S. The van der Waals surface area contributed by atoms with Crippen LogP contribution in [0.5, 0.6) is 5.75 Å². The van der Waals surface area contributed by atoms with Gasteiger partial charge in [0.1, 0.15) is 11.8 Å². The molecule has 39 heavy (non-hydrogen) atoms. The van der Waals surface area contributed by atoms with E-state index in [1.54, 1.807) is 24.3 Å². The molecule has 2 aliphatic heterocycles. The van der Waals surface area contributed by atoms with Gasteiger partial charge in [-0.15, -0.1) is 0 Å². The van der Waals surface area contributed by atoms with E-state index < -0.39 is 34.5 Å². The van der Waals surface area contributed by atoms with E-state index in [0.717, 1.165) is 57.1 Å². The number of aliphatic carboxylic acids is 1. The summed E-state index contributed by atoms with van der Waals surface area (Å²) in [5.41, 5.74) is 1.13. The number of nitrogens with zero attached hydrogens (tertiary/aromatic N) is 2. The maximum Gasteiger partial charge on any atom is 0.323 e. The second-order valence-electron chi connectivity index (χ2n) is 9.34. The zero-order valence-corrected chi connectivity index (χ0v) is 22.5. The Morgan fingerprint density at radius 3 is 2.56 bits per heavy atom. The van der Waals surface area contributed by atoms with E-state index in [1.807, 2.05) is 0 Å². The van der Waals surface area contributed by atoms with Crippen molar-refractivity contribution >= 4 is 33.5 Å². The molecule has 1 atom stereocenters. The van der Waals surface area contributed by atoms with Gasteiger partial charge in [0.25, 0.3) is 5.91 Å². The third-order valence-corrected chi connectivity index (χ3v) is 8.12. The number of carbonyl (C=O) groups excluding carboxylic acids is 1. The zero-order valence-electron chi connectivity index (χ0n) is 21.7. The predicted molar refractivity (Wildman–Crippen MR) is 147 cm³/mol. The SMILES string of the molecule is COc1cc(C(=O)NC[C@H](NS(=O)(=O)c2ccccc2)C(=O)O)ccc1N1CCC(NC2=NCCCN2)CC1. The second-order valence-corrected chi connectivity index (χ2v) is 11.1. The monoisotopic (exact) mass is 558 g/mol. The van der Waals surface area contributed by atoms with Crippen LogP contribution in [0.1, 0.15) is 29.6 Å². The molecule has 5 N–H and O–H groups in total. The number of ether oxygens (including phenoxy) is 1. The van der Waals surface area contributed by atoms with Crippen molar-refractivity contribution in [3.05, 3.63) is 54.1 Å². The molecule has 0 spiro atoms. The number of hydrogen-bond acceptors (Lipinski definition) is 9. The number of guanidine groups is 1. The van der Waals surface area contributed by atoms with Gasteiger partial charge in [-0.25, -0.2) is 8.42 Å². The standard InChI is InChI=1S/C26H34N6O6S/c1-38-23-16-18(8-9-22(23)32-14-10-19(11-15-32)30-26-27-12-5-13-28-26)24(33)29-17-21(25(34)35)31-39(36,37)20-6-3-2-4-7-20/h2-4,6-9,16,19,21,31H,5,10-15,17H2,1H3,(H,29,33)(H,34,35)(H2,27,28,30)/t21-/m0/s1. The van der Waals surface area contributed by atoms with E-state index in [2.05, 4.69) is 30.6 Å². The number of nitrogens with one attached hydrogen (secondary N) is 4. The fraction of sp³-hybridized carbons (Fsp3) is 0.423. The summed E-state index contributed by atoms with van der Waals surface area (Å²) in [6.45, 7) is 2.93. The van der Waals surface area contributed by atoms with Gasteiger partial charge in [0.15, 0.2) is 5.96 Å². The Kier molecular flexibility index (Phi) is 9.25. The molecule has 2 aliphatic rings. The van der Waals surface area contributed by atoms with Crippen molar-refractivity contribution in [3.63, 3.8) is 0 Å². The van der Waals surface area contributed by atoms with Crippen molar-refractivity contribution in [1.29, 1.82) is 0 Å². The Hall–Kier alpha value is -3.84. The number of amides is 1. The first-order chi connectivity index (χ1) is 18.8. The molecule has 0 aliphatic carbocycles. The summed E-state index contributed by atoms with van der Waals surface area (Å²) in [5, 5.41) is 18.8. The average molecular weight is 559 g/mol. The summed E-state index contributed by atoms with van der Waals surface area (Å²) in [5.74, 6) is -0.571. The highest BCUT2D eigenvalue weighted by molar-refractivity contribution is 7.89. The van der Waals surface area contributed by atoms with Crippen molar-refractivity contribution in [3.8, 4) is 5.75 Å². The number of piperidine rings is 1. The number of carbonyl (C=O) groups is 2. The zero-order chi connectivity index (χ0) is 27.8. The van der Waals surface area contributed by atoms with Gasteiger partial charge in [0, 0.05) is 44.3 Å². The van der Waals surface area contributed by atoms with Gasteiger partial charge in [-0.1, -0.05) is 18.2 Å². The highest BCUT2D eigenvalue weighted by Crippen LogP contribution is 2.31. The van der Waals surface area contributed by atoms with Gasteiger partial charge in [-0.2, -0.15) is 4.72 Å². The Morgan fingerprint density at radius 2 is 1.92 bits per heavy atom. The minimum atomic E-state index is -4.08. The molecule has 1 saturated heterocycles. The van der Waals surface area contributed by atoms with Crippen LogP contribution in [0.25, 0.3) is 0 Å². The quantitative estimate of drug-likeness (QED) is 0.284. The van der Waals surface area contributed by atoms with Crippen LogP contribution >= 0.6 is 0 Å². The molecule has 0 aromatic heterocycles. The Morgan fingerprint density at radius 1 is 1.18 bits per heavy atom. The molecule has 2 heterocycles. The van der Waals surface area contributed by atoms with Crippen LogP contribution in [0.3, 0.4) is 0 Å². The minimum Gasteiger partial charge on any atom is -0.495 e. The van der Waals surface area contributed by atoms with Crippen molar-refractivity contribution in [2.45, 2.75) is 36.2 Å². The normalized spacial score (nSPS) is 16.9. The van der Waals surface area contributed by atoms with Crippen LogP contribution in [0.4, 0.5) is 5.69 Å². The van der Waals surface area contributed by atoms with E-state index >= 15 is 0 Å². The molecule has 13 heteroatoms. The molecule has 1 amide bonds. The third-order valence-electron chi connectivity index (χ3n) is 6.63. The summed E-state index contributed by atoms with van der Waals surface area (Å²) >= 11 is 0. The van der Waals surface area contributed by atoms with E-state index in [0.29, 0.717) is 11.8 Å². The highest BCUT2D eigenvalue weighted by Gasteiger charge is 2.27. The summed E-state index contributed by atoms with van der Waals surface area (Å²) in [4.78, 5) is 31.1. The molecule has 2 aromatic rings. The molecule has 0 radical (unpaired) electrons. The first kappa shape index (κ1) is 28.2. The first-order valence-electron chi connectivity index (χ1n) is 12.8. The first-order valence-corrected chi connectivity index (χ1v) is 14.3. The van der Waals surface area contributed by atoms with Gasteiger partial charge in [0.05, 0.1) is 17.7 Å². The predicted octanol–water partition coefficient (Wildman–Crippen LogP) is 0.764. The fourth-order valence-electron chi connectivity index (χ4n) is 4.50. The third kappa shape index (κ3) is 7.39. The number of hydrogen-bond donors (Lipinski definition) is 5. The number of aliphatic imine (C=N–C) groups is 1. The number of anilines is 1. The number of methoxy groups -OCH3 is 1. The van der Waals surface area contributed by atoms with E-state index in [4.69, 9.17) is 4.74 Å². The van der Waals surface area contributed by atoms with Gasteiger partial charge >= 0.3 is 5.97 Å². The molecule has 2 aromatic carbocycles. The number of carboxylic acid groups (broad SMARTS) is 1. The van der Waals surface area contributed by atoms with E-state index in [-0.39, 0.29) is 10.5 Å². The summed E-state index contributed by atoms with van der Waals surface area (Å²) < 4.78 is 32.8. The van der Waals surface area contributed by atoms with Crippen molar-refractivity contribution in [2.75, 3.05) is 44.7 Å². The van der Waals surface area contributed by atoms with Crippen LogP contribution in [-0.2, 0) is 14.8 Å². The lowest BCUT2D eigenvalue weighted by Gasteiger charge is -2.35. The molecular weight excluding hydrogens is 524 g/mol. The van der Waals surface area contributed by atoms with Crippen molar-refractivity contribution in [2.24, 2.45) is 4.99 Å².